The molecule has 2 N–H and O–H groups in total. The Morgan fingerprint density at radius 3 is 2.14 bits per heavy atom. The van der Waals surface area contributed by atoms with Gasteiger partial charge in [-0.05, 0) is 43.4 Å². The van der Waals surface area contributed by atoms with Gasteiger partial charge in [0, 0.05) is 39.6 Å². The lowest BCUT2D eigenvalue weighted by Crippen LogP contribution is -2.52. The summed E-state index contributed by atoms with van der Waals surface area (Å²) in [6.07, 6.45) is 7.41. The van der Waals surface area contributed by atoms with Gasteiger partial charge in [-0.25, -0.2) is 4.39 Å². The predicted octanol–water partition coefficient (Wildman–Crippen LogP) is 3.06. The fourth-order valence-electron chi connectivity index (χ4n) is 4.69. The molecule has 2 fully saturated rings. The van der Waals surface area contributed by atoms with E-state index in [9.17, 15) is 9.18 Å². The molecule has 0 aliphatic heterocycles. The summed E-state index contributed by atoms with van der Waals surface area (Å²) >= 11 is 0. The van der Waals surface area contributed by atoms with E-state index in [0.29, 0.717) is 6.54 Å². The molecule has 0 atom stereocenters. The Hall–Kier alpha value is -2.11. The lowest BCUT2D eigenvalue weighted by atomic mass is 9.64. The predicted molar refractivity (Wildman–Crippen MR) is 111 cm³/mol. The maximum atomic E-state index is 13.3. The molecule has 0 radical (unpaired) electrons. The van der Waals surface area contributed by atoms with Crippen molar-refractivity contribution in [2.24, 2.45) is 10.4 Å². The molecule has 0 heterocycles. The average Bonchev–Trinajstić information content (AvgIpc) is 3.13. The molecule has 2 saturated carbocycles. The highest BCUT2D eigenvalue weighted by molar-refractivity contribution is 5.85. The Morgan fingerprint density at radius 1 is 1.04 bits per heavy atom. The second-order valence-electron chi connectivity index (χ2n) is 8.61. The van der Waals surface area contributed by atoms with Crippen LogP contribution in [0.15, 0.2) is 29.3 Å². The summed E-state index contributed by atoms with van der Waals surface area (Å²) in [5.41, 5.74) is 0.889. The standard InChI is InChI=1S/C22H33FN4O/c1-24-20(26-16-22(11-4-5-12-22)19(28)27(2)3)25-15-21(13-6-14-21)17-7-9-18(23)10-8-17/h7-10H,4-6,11-16H2,1-3H3,(H2,24,25,26). The third-order valence-corrected chi connectivity index (χ3v) is 6.60. The van der Waals surface area contributed by atoms with Crippen LogP contribution in [-0.2, 0) is 10.2 Å². The molecule has 0 unspecified atom stereocenters. The van der Waals surface area contributed by atoms with Crippen molar-refractivity contribution in [1.29, 1.82) is 0 Å². The van der Waals surface area contributed by atoms with Gasteiger partial charge in [0.05, 0.1) is 5.41 Å². The topological polar surface area (TPSA) is 56.7 Å². The van der Waals surface area contributed by atoms with Crippen LogP contribution in [0.1, 0.15) is 50.5 Å². The quantitative estimate of drug-likeness (QED) is 0.582. The van der Waals surface area contributed by atoms with E-state index >= 15 is 0 Å². The number of carbonyl (C=O) groups excluding carboxylic acids is 1. The van der Waals surface area contributed by atoms with Gasteiger partial charge >= 0.3 is 0 Å². The minimum Gasteiger partial charge on any atom is -0.356 e. The first-order valence-corrected chi connectivity index (χ1v) is 10.3. The van der Waals surface area contributed by atoms with Crippen LogP contribution in [0.4, 0.5) is 4.39 Å². The molecule has 2 aliphatic rings. The average molecular weight is 389 g/mol. The number of nitrogens with one attached hydrogen (secondary N) is 2. The van der Waals surface area contributed by atoms with Crippen LogP contribution in [0.25, 0.3) is 0 Å². The number of guanidine groups is 1. The van der Waals surface area contributed by atoms with Crippen LogP contribution in [0.3, 0.4) is 0 Å². The molecule has 0 aromatic heterocycles. The Balaban J connectivity index is 1.61. The van der Waals surface area contributed by atoms with E-state index in [2.05, 4.69) is 15.6 Å². The fraction of sp³-hybridized carbons (Fsp3) is 0.636. The van der Waals surface area contributed by atoms with E-state index in [1.54, 1.807) is 24.1 Å². The Kier molecular flexibility index (Phi) is 6.26. The number of hydrogen-bond donors (Lipinski definition) is 2. The molecule has 1 aromatic rings. The number of carbonyl (C=O) groups is 1. The molecule has 5 nitrogen and oxygen atoms in total. The molecule has 2 aliphatic carbocycles. The molecular weight excluding hydrogens is 355 g/mol. The van der Waals surface area contributed by atoms with E-state index in [1.165, 1.54) is 12.0 Å². The van der Waals surface area contributed by atoms with E-state index in [1.807, 2.05) is 26.2 Å². The minimum atomic E-state index is -0.327. The lowest BCUT2D eigenvalue weighted by Gasteiger charge is -2.43. The summed E-state index contributed by atoms with van der Waals surface area (Å²) in [4.78, 5) is 18.8. The van der Waals surface area contributed by atoms with E-state index < -0.39 is 0 Å². The molecule has 3 rings (SSSR count). The van der Waals surface area contributed by atoms with Crippen molar-refractivity contribution in [2.45, 2.75) is 50.4 Å². The van der Waals surface area contributed by atoms with Crippen molar-refractivity contribution in [2.75, 3.05) is 34.2 Å². The molecule has 0 spiro atoms. The number of hydrogen-bond acceptors (Lipinski definition) is 2. The zero-order valence-electron chi connectivity index (χ0n) is 17.4. The summed E-state index contributed by atoms with van der Waals surface area (Å²) in [5.74, 6) is 0.733. The summed E-state index contributed by atoms with van der Waals surface area (Å²) in [5, 5.41) is 6.86. The smallest absolute Gasteiger partial charge is 0.230 e. The van der Waals surface area contributed by atoms with Gasteiger partial charge in [-0.2, -0.15) is 0 Å². The van der Waals surface area contributed by atoms with Gasteiger partial charge in [-0.3, -0.25) is 9.79 Å². The monoisotopic (exact) mass is 388 g/mol. The highest BCUT2D eigenvalue weighted by Gasteiger charge is 2.42. The highest BCUT2D eigenvalue weighted by atomic mass is 19.1. The normalized spacial score (nSPS) is 20.4. The van der Waals surface area contributed by atoms with Crippen molar-refractivity contribution in [3.63, 3.8) is 0 Å². The van der Waals surface area contributed by atoms with Crippen molar-refractivity contribution >= 4 is 11.9 Å². The summed E-state index contributed by atoms with van der Waals surface area (Å²) < 4.78 is 13.3. The van der Waals surface area contributed by atoms with Gasteiger partial charge < -0.3 is 15.5 Å². The number of aliphatic imine (C=N–C) groups is 1. The Labute approximate surface area is 167 Å². The number of halogens is 1. The van der Waals surface area contributed by atoms with Crippen molar-refractivity contribution in [3.8, 4) is 0 Å². The molecular formula is C22H33FN4O. The molecule has 1 amide bonds. The number of benzene rings is 1. The maximum absolute atomic E-state index is 13.3. The molecule has 0 bridgehead atoms. The van der Waals surface area contributed by atoms with Gasteiger partial charge in [0.1, 0.15) is 5.82 Å². The van der Waals surface area contributed by atoms with Crippen molar-refractivity contribution in [1.82, 2.24) is 15.5 Å². The Morgan fingerprint density at radius 2 is 1.64 bits per heavy atom. The largest absolute Gasteiger partial charge is 0.356 e. The third kappa shape index (κ3) is 4.15. The van der Waals surface area contributed by atoms with Gasteiger partial charge in [-0.15, -0.1) is 0 Å². The number of rotatable bonds is 6. The second-order valence-corrected chi connectivity index (χ2v) is 8.61. The van der Waals surface area contributed by atoms with Crippen LogP contribution in [0.5, 0.6) is 0 Å². The van der Waals surface area contributed by atoms with Crippen molar-refractivity contribution < 1.29 is 9.18 Å². The molecule has 28 heavy (non-hydrogen) atoms. The minimum absolute atomic E-state index is 0.0375. The van der Waals surface area contributed by atoms with E-state index in [-0.39, 0.29) is 22.6 Å². The maximum Gasteiger partial charge on any atom is 0.230 e. The Bertz CT molecular complexity index is 704. The molecule has 1 aromatic carbocycles. The number of nitrogens with zero attached hydrogens (tertiary/aromatic N) is 2. The molecule has 154 valence electrons. The van der Waals surface area contributed by atoms with Crippen LogP contribution < -0.4 is 10.6 Å². The highest BCUT2D eigenvalue weighted by Crippen LogP contribution is 2.43. The molecule has 6 heteroatoms. The van der Waals surface area contributed by atoms with E-state index in [0.717, 1.165) is 51.0 Å². The first-order valence-electron chi connectivity index (χ1n) is 10.3. The van der Waals surface area contributed by atoms with E-state index in [4.69, 9.17) is 0 Å². The van der Waals surface area contributed by atoms with Crippen LogP contribution in [-0.4, -0.2) is 51.0 Å². The van der Waals surface area contributed by atoms with Gasteiger partial charge in [0.2, 0.25) is 5.91 Å². The fourth-order valence-corrected chi connectivity index (χ4v) is 4.69. The van der Waals surface area contributed by atoms with Crippen LogP contribution in [0, 0.1) is 11.2 Å². The van der Waals surface area contributed by atoms with Crippen LogP contribution >= 0.6 is 0 Å². The zero-order valence-corrected chi connectivity index (χ0v) is 17.4. The first-order chi connectivity index (χ1) is 13.4. The van der Waals surface area contributed by atoms with Crippen LogP contribution in [0.2, 0.25) is 0 Å². The molecule has 0 saturated heterocycles. The van der Waals surface area contributed by atoms with Gasteiger partial charge in [0.15, 0.2) is 5.96 Å². The van der Waals surface area contributed by atoms with Crippen molar-refractivity contribution in [3.05, 3.63) is 35.6 Å². The van der Waals surface area contributed by atoms with Gasteiger partial charge in [0.25, 0.3) is 0 Å². The second kappa shape index (κ2) is 8.50. The van der Waals surface area contributed by atoms with Gasteiger partial charge in [-0.1, -0.05) is 31.4 Å². The number of amides is 1. The third-order valence-electron chi connectivity index (χ3n) is 6.60. The SMILES string of the molecule is CN=C(NCC1(C(=O)N(C)C)CCCC1)NCC1(c2ccc(F)cc2)CCC1. The summed E-state index contributed by atoms with van der Waals surface area (Å²) in [6.45, 7) is 1.36. The summed E-state index contributed by atoms with van der Waals surface area (Å²) in [7, 11) is 5.42. The summed E-state index contributed by atoms with van der Waals surface area (Å²) in [6, 6.07) is 6.88. The first kappa shape index (κ1) is 20.6. The lowest BCUT2D eigenvalue weighted by molar-refractivity contribution is -0.138. The zero-order chi connectivity index (χ0) is 20.2.